The summed E-state index contributed by atoms with van der Waals surface area (Å²) in [6.07, 6.45) is 4.32. The molecule has 72 heavy (non-hydrogen) atoms. The van der Waals surface area contributed by atoms with Gasteiger partial charge in [-0.1, -0.05) is 218 Å². The van der Waals surface area contributed by atoms with Gasteiger partial charge in [-0.25, -0.2) is 9.97 Å². The third kappa shape index (κ3) is 7.00. The van der Waals surface area contributed by atoms with Crippen LogP contribution in [0.2, 0.25) is 0 Å². The second-order valence-corrected chi connectivity index (χ2v) is 18.6. The van der Waals surface area contributed by atoms with E-state index < -0.39 is 0 Å². The number of pyridine rings is 2. The Bertz CT molecular complexity index is 4040. The zero-order chi connectivity index (χ0) is 47.5. The van der Waals surface area contributed by atoms with Gasteiger partial charge in [0.2, 0.25) is 0 Å². The highest BCUT2D eigenvalue weighted by Gasteiger charge is 2.20. The van der Waals surface area contributed by atoms with E-state index in [1.54, 1.807) is 0 Å². The third-order valence-electron chi connectivity index (χ3n) is 14.4. The molecule has 10 aromatic carbocycles. The van der Waals surface area contributed by atoms with Crippen LogP contribution in [0.1, 0.15) is 0 Å². The molecule has 0 fully saturated rings. The van der Waals surface area contributed by atoms with Crippen molar-refractivity contribution in [2.24, 2.45) is 0 Å². The predicted molar refractivity (Wildman–Crippen MR) is 300 cm³/mol. The van der Waals surface area contributed by atoms with Crippen molar-refractivity contribution in [1.82, 2.24) is 18.8 Å². The fourth-order valence-corrected chi connectivity index (χ4v) is 10.9. The average molecular weight is 917 g/mol. The molecule has 4 aromatic heterocycles. The van der Waals surface area contributed by atoms with Gasteiger partial charge in [0.15, 0.2) is 0 Å². The number of hydrogen-bond acceptors (Lipinski definition) is 2. The van der Waals surface area contributed by atoms with Gasteiger partial charge in [0, 0.05) is 34.6 Å². The minimum atomic E-state index is 0.917. The number of fused-ring (bicyclic) bond motifs is 7. The van der Waals surface area contributed by atoms with E-state index in [4.69, 9.17) is 9.97 Å². The van der Waals surface area contributed by atoms with Gasteiger partial charge in [-0.05, 0) is 113 Å². The monoisotopic (exact) mass is 916 g/mol. The molecule has 0 amide bonds. The first-order chi connectivity index (χ1) is 35.7. The topological polar surface area (TPSA) is 34.6 Å². The standard InChI is InChI=1S/C68H44N4/c1-5-17-49(18-6-1)65-67(51-21-9-3-10-22-51)71-39-37-53(41-63(71)69-65)45-29-33-47(34-30-45)59-43-61-58-28-16-14-26-56(58)60(44-62(61)57-27-15-13-25-55(57)59)48-35-31-46(32-36-48)54-38-40-72-64(42-54)70-66(50-19-7-2-8-20-50)68(72)52-23-11-4-12-24-52/h1-44H. The number of hydrogen-bond donors (Lipinski definition) is 0. The Labute approximate surface area is 417 Å². The lowest BCUT2D eigenvalue weighted by Gasteiger charge is -2.16. The number of nitrogens with zero attached hydrogens (tertiary/aromatic N) is 4. The molecule has 14 rings (SSSR count). The molecule has 0 atom stereocenters. The third-order valence-corrected chi connectivity index (χ3v) is 14.4. The molecule has 0 saturated carbocycles. The summed E-state index contributed by atoms with van der Waals surface area (Å²) in [5, 5.41) is 7.43. The normalized spacial score (nSPS) is 11.6. The second-order valence-electron chi connectivity index (χ2n) is 18.6. The molecule has 0 aliphatic rings. The molecular formula is C68H44N4. The van der Waals surface area contributed by atoms with Gasteiger partial charge in [-0.15, -0.1) is 0 Å². The summed E-state index contributed by atoms with van der Waals surface area (Å²) in [5.41, 5.74) is 19.8. The molecule has 0 bridgehead atoms. The smallest absolute Gasteiger partial charge is 0.138 e. The largest absolute Gasteiger partial charge is 0.299 e. The van der Waals surface area contributed by atoms with E-state index in [9.17, 15) is 0 Å². The first kappa shape index (κ1) is 41.3. The van der Waals surface area contributed by atoms with Crippen molar-refractivity contribution in [1.29, 1.82) is 0 Å². The van der Waals surface area contributed by atoms with E-state index in [1.165, 1.54) is 54.6 Å². The van der Waals surface area contributed by atoms with Gasteiger partial charge in [0.05, 0.1) is 22.8 Å². The van der Waals surface area contributed by atoms with Crippen molar-refractivity contribution in [3.63, 3.8) is 0 Å². The summed E-state index contributed by atoms with van der Waals surface area (Å²) in [5.74, 6) is 0. The van der Waals surface area contributed by atoms with Gasteiger partial charge < -0.3 is 0 Å². The quantitative estimate of drug-likeness (QED) is 0.142. The first-order valence-electron chi connectivity index (χ1n) is 24.5. The summed E-state index contributed by atoms with van der Waals surface area (Å²) in [4.78, 5) is 10.5. The summed E-state index contributed by atoms with van der Waals surface area (Å²) >= 11 is 0. The molecule has 0 aliphatic carbocycles. The molecule has 336 valence electrons. The van der Waals surface area contributed by atoms with E-state index in [-0.39, 0.29) is 0 Å². The van der Waals surface area contributed by atoms with Crippen LogP contribution in [0.5, 0.6) is 0 Å². The summed E-state index contributed by atoms with van der Waals surface area (Å²) < 4.78 is 4.43. The minimum absolute atomic E-state index is 0.917. The summed E-state index contributed by atoms with van der Waals surface area (Å²) in [6, 6.07) is 91.6. The van der Waals surface area contributed by atoms with E-state index in [1.807, 2.05) is 0 Å². The Balaban J connectivity index is 0.821. The Morgan fingerprint density at radius 1 is 0.222 bits per heavy atom. The van der Waals surface area contributed by atoms with Crippen LogP contribution in [0.25, 0.3) is 133 Å². The van der Waals surface area contributed by atoms with Crippen LogP contribution in [-0.2, 0) is 0 Å². The van der Waals surface area contributed by atoms with Crippen molar-refractivity contribution < 1.29 is 0 Å². The van der Waals surface area contributed by atoms with Crippen LogP contribution in [-0.4, -0.2) is 18.8 Å². The molecular weight excluding hydrogens is 873 g/mol. The van der Waals surface area contributed by atoms with E-state index in [2.05, 4.69) is 276 Å². The highest BCUT2D eigenvalue weighted by Crippen LogP contribution is 2.43. The second kappa shape index (κ2) is 17.1. The van der Waals surface area contributed by atoms with Crippen molar-refractivity contribution in [2.75, 3.05) is 0 Å². The Morgan fingerprint density at radius 2 is 0.542 bits per heavy atom. The number of rotatable bonds is 8. The molecule has 0 unspecified atom stereocenters. The zero-order valence-electron chi connectivity index (χ0n) is 39.2. The maximum Gasteiger partial charge on any atom is 0.138 e. The molecule has 14 aromatic rings. The predicted octanol–water partition coefficient (Wildman–Crippen LogP) is 17.8. The first-order valence-corrected chi connectivity index (χ1v) is 24.5. The minimum Gasteiger partial charge on any atom is -0.299 e. The van der Waals surface area contributed by atoms with Crippen LogP contribution in [0.3, 0.4) is 0 Å². The molecule has 0 radical (unpaired) electrons. The van der Waals surface area contributed by atoms with Crippen LogP contribution in [0, 0.1) is 0 Å². The molecule has 4 heteroatoms. The molecule has 0 N–H and O–H groups in total. The lowest BCUT2D eigenvalue weighted by atomic mass is 9.87. The average Bonchev–Trinajstić information content (AvgIpc) is 4.05. The fraction of sp³-hybridized carbons (Fsp3) is 0. The van der Waals surface area contributed by atoms with Crippen molar-refractivity contribution in [3.05, 3.63) is 267 Å². The zero-order valence-corrected chi connectivity index (χ0v) is 39.2. The van der Waals surface area contributed by atoms with Gasteiger partial charge in [-0.2, -0.15) is 0 Å². The van der Waals surface area contributed by atoms with Crippen LogP contribution >= 0.6 is 0 Å². The lowest BCUT2D eigenvalue weighted by molar-refractivity contribution is 1.19. The molecule has 4 nitrogen and oxygen atoms in total. The van der Waals surface area contributed by atoms with Crippen molar-refractivity contribution in [2.45, 2.75) is 0 Å². The van der Waals surface area contributed by atoms with E-state index in [0.717, 1.165) is 78.6 Å². The molecule has 0 saturated heterocycles. The van der Waals surface area contributed by atoms with Crippen LogP contribution < -0.4 is 0 Å². The maximum atomic E-state index is 5.23. The van der Waals surface area contributed by atoms with Gasteiger partial charge >= 0.3 is 0 Å². The Hall–Kier alpha value is -9.64. The highest BCUT2D eigenvalue weighted by atomic mass is 15.0. The molecule has 4 heterocycles. The van der Waals surface area contributed by atoms with Gasteiger partial charge in [0.1, 0.15) is 11.3 Å². The summed E-state index contributed by atoms with van der Waals surface area (Å²) in [7, 11) is 0. The van der Waals surface area contributed by atoms with E-state index >= 15 is 0 Å². The highest BCUT2D eigenvalue weighted by molar-refractivity contribution is 6.24. The Morgan fingerprint density at radius 3 is 0.917 bits per heavy atom. The number of aromatic nitrogens is 4. The molecule has 0 aliphatic heterocycles. The summed E-state index contributed by atoms with van der Waals surface area (Å²) in [6.45, 7) is 0. The molecule has 0 spiro atoms. The SMILES string of the molecule is c1ccc(-c2nc3cc(-c4ccc(-c5cc6c7ccccc7c(-c7ccc(-c8ccn9c(-c%10ccccc%10)c(-c%10ccccc%10)nc9c8)cc7)cc6c6ccccc56)cc4)ccn3c2-c2ccccc2)cc1. The number of benzene rings is 10. The lowest BCUT2D eigenvalue weighted by Crippen LogP contribution is -1.91. The number of imidazole rings is 2. The van der Waals surface area contributed by atoms with Gasteiger partial charge in [-0.3, -0.25) is 8.80 Å². The van der Waals surface area contributed by atoms with Crippen LogP contribution in [0.4, 0.5) is 0 Å². The van der Waals surface area contributed by atoms with Crippen molar-refractivity contribution >= 4 is 43.6 Å². The fourth-order valence-electron chi connectivity index (χ4n) is 10.9. The Kier molecular flexibility index (Phi) is 9.82. The van der Waals surface area contributed by atoms with Gasteiger partial charge in [0.25, 0.3) is 0 Å². The van der Waals surface area contributed by atoms with E-state index in [0.29, 0.717) is 0 Å². The maximum absolute atomic E-state index is 5.23. The van der Waals surface area contributed by atoms with Crippen molar-refractivity contribution in [3.8, 4) is 89.5 Å². The van der Waals surface area contributed by atoms with Crippen LogP contribution in [0.15, 0.2) is 267 Å².